The zero-order chi connectivity index (χ0) is 15.4. The largest absolute Gasteiger partial charge is 0.334 e. The molecule has 1 N–H and O–H groups in total. The van der Waals surface area contributed by atoms with Crippen molar-refractivity contribution in [2.24, 2.45) is 0 Å². The summed E-state index contributed by atoms with van der Waals surface area (Å²) in [6.45, 7) is 1.53. The molecule has 0 aliphatic carbocycles. The van der Waals surface area contributed by atoms with Gasteiger partial charge < -0.3 is 9.88 Å². The second-order valence-electron chi connectivity index (χ2n) is 5.50. The van der Waals surface area contributed by atoms with Crippen molar-refractivity contribution in [3.63, 3.8) is 0 Å². The molecular weight excluding hydrogens is 282 g/mol. The summed E-state index contributed by atoms with van der Waals surface area (Å²) < 4.78 is 1.88. The van der Waals surface area contributed by atoms with Gasteiger partial charge in [0.15, 0.2) is 0 Å². The van der Waals surface area contributed by atoms with Crippen molar-refractivity contribution in [2.45, 2.75) is 38.3 Å². The molecule has 7 heteroatoms. The maximum atomic E-state index is 12.6. The lowest BCUT2D eigenvalue weighted by Gasteiger charge is -2.35. The van der Waals surface area contributed by atoms with Gasteiger partial charge in [0.25, 0.3) is 11.5 Å². The SMILES string of the molecule is O=C(c1c[nH]c(=O)cn1)N1CCCC[C@H]1CCn1cccn1. The lowest BCUT2D eigenvalue weighted by atomic mass is 9.99. The number of H-pyrrole nitrogens is 1. The lowest BCUT2D eigenvalue weighted by molar-refractivity contribution is 0.0587. The van der Waals surface area contributed by atoms with Gasteiger partial charge in [-0.3, -0.25) is 14.3 Å². The summed E-state index contributed by atoms with van der Waals surface area (Å²) in [4.78, 5) is 32.0. The van der Waals surface area contributed by atoms with Gasteiger partial charge in [-0.2, -0.15) is 5.10 Å². The summed E-state index contributed by atoms with van der Waals surface area (Å²) in [5, 5.41) is 4.20. The van der Waals surface area contributed by atoms with Crippen molar-refractivity contribution >= 4 is 5.91 Å². The molecule has 0 spiro atoms. The molecule has 1 aliphatic rings. The van der Waals surface area contributed by atoms with E-state index in [1.54, 1.807) is 6.20 Å². The molecule has 1 fully saturated rings. The Labute approximate surface area is 128 Å². The second kappa shape index (κ2) is 6.55. The van der Waals surface area contributed by atoms with E-state index in [4.69, 9.17) is 0 Å². The maximum absolute atomic E-state index is 12.6. The van der Waals surface area contributed by atoms with E-state index in [0.717, 1.165) is 45.0 Å². The van der Waals surface area contributed by atoms with E-state index in [0.29, 0.717) is 5.69 Å². The topological polar surface area (TPSA) is 83.9 Å². The quantitative estimate of drug-likeness (QED) is 0.915. The predicted molar refractivity (Wildman–Crippen MR) is 80.4 cm³/mol. The summed E-state index contributed by atoms with van der Waals surface area (Å²) >= 11 is 0. The second-order valence-corrected chi connectivity index (χ2v) is 5.50. The Morgan fingerprint density at radius 1 is 1.41 bits per heavy atom. The molecule has 22 heavy (non-hydrogen) atoms. The van der Waals surface area contributed by atoms with Crippen LogP contribution in [0.1, 0.15) is 36.2 Å². The van der Waals surface area contributed by atoms with E-state index < -0.39 is 0 Å². The van der Waals surface area contributed by atoms with Crippen molar-refractivity contribution in [3.8, 4) is 0 Å². The molecule has 0 radical (unpaired) electrons. The van der Waals surface area contributed by atoms with Crippen molar-refractivity contribution in [2.75, 3.05) is 6.54 Å². The fourth-order valence-corrected chi connectivity index (χ4v) is 2.89. The number of aromatic amines is 1. The molecule has 7 nitrogen and oxygen atoms in total. The first kappa shape index (κ1) is 14.5. The minimum atomic E-state index is -0.301. The van der Waals surface area contributed by atoms with E-state index in [9.17, 15) is 9.59 Å². The fourth-order valence-electron chi connectivity index (χ4n) is 2.89. The van der Waals surface area contributed by atoms with Crippen LogP contribution in [0.3, 0.4) is 0 Å². The van der Waals surface area contributed by atoms with Gasteiger partial charge in [0.05, 0.1) is 6.20 Å². The molecule has 1 amide bonds. The monoisotopic (exact) mass is 301 g/mol. The van der Waals surface area contributed by atoms with Crippen LogP contribution in [0.4, 0.5) is 0 Å². The third-order valence-electron chi connectivity index (χ3n) is 4.03. The van der Waals surface area contributed by atoms with Gasteiger partial charge in [-0.1, -0.05) is 0 Å². The van der Waals surface area contributed by atoms with Crippen molar-refractivity contribution < 1.29 is 4.79 Å². The Balaban J connectivity index is 1.69. The highest BCUT2D eigenvalue weighted by molar-refractivity contribution is 5.92. The molecule has 1 aliphatic heterocycles. The van der Waals surface area contributed by atoms with Gasteiger partial charge in [0, 0.05) is 37.7 Å². The first-order valence-electron chi connectivity index (χ1n) is 7.57. The van der Waals surface area contributed by atoms with E-state index in [1.807, 2.05) is 21.8 Å². The molecular formula is C15H19N5O2. The van der Waals surface area contributed by atoms with Crippen LogP contribution in [-0.4, -0.2) is 43.1 Å². The molecule has 1 saturated heterocycles. The third-order valence-corrected chi connectivity index (χ3v) is 4.03. The van der Waals surface area contributed by atoms with Crippen LogP contribution < -0.4 is 5.56 Å². The Bertz CT molecular complexity index is 659. The zero-order valence-electron chi connectivity index (χ0n) is 12.3. The summed E-state index contributed by atoms with van der Waals surface area (Å²) in [5.41, 5.74) is -0.00369. The molecule has 3 rings (SSSR count). The smallest absolute Gasteiger partial charge is 0.274 e. The Hall–Kier alpha value is -2.44. The number of likely N-dealkylation sites (tertiary alicyclic amines) is 1. The van der Waals surface area contributed by atoms with Gasteiger partial charge in [-0.05, 0) is 31.7 Å². The first-order valence-corrected chi connectivity index (χ1v) is 7.57. The normalized spacial score (nSPS) is 18.4. The van der Waals surface area contributed by atoms with Gasteiger partial charge in [-0.15, -0.1) is 0 Å². The van der Waals surface area contributed by atoms with Crippen molar-refractivity contribution in [1.29, 1.82) is 0 Å². The highest BCUT2D eigenvalue weighted by atomic mass is 16.2. The molecule has 116 valence electrons. The van der Waals surface area contributed by atoms with Crippen molar-refractivity contribution in [1.82, 2.24) is 24.6 Å². The highest BCUT2D eigenvalue weighted by Crippen LogP contribution is 2.21. The average Bonchev–Trinajstić information content (AvgIpc) is 3.07. The van der Waals surface area contributed by atoms with E-state index in [2.05, 4.69) is 15.1 Å². The summed E-state index contributed by atoms with van der Waals surface area (Å²) in [5.74, 6) is -0.110. The third kappa shape index (κ3) is 3.24. The van der Waals surface area contributed by atoms with Crippen LogP contribution in [-0.2, 0) is 6.54 Å². The zero-order valence-corrected chi connectivity index (χ0v) is 12.3. The summed E-state index contributed by atoms with van der Waals surface area (Å²) in [7, 11) is 0. The minimum Gasteiger partial charge on any atom is -0.334 e. The number of hydrogen-bond acceptors (Lipinski definition) is 4. The highest BCUT2D eigenvalue weighted by Gasteiger charge is 2.28. The number of carbonyl (C=O) groups is 1. The van der Waals surface area contributed by atoms with Gasteiger partial charge in [-0.25, -0.2) is 4.98 Å². The Morgan fingerprint density at radius 2 is 2.32 bits per heavy atom. The molecule has 0 aromatic carbocycles. The van der Waals surface area contributed by atoms with Crippen LogP contribution in [0.15, 0.2) is 35.6 Å². The van der Waals surface area contributed by atoms with Crippen LogP contribution in [0.5, 0.6) is 0 Å². The number of piperidine rings is 1. The van der Waals surface area contributed by atoms with Crippen LogP contribution in [0.25, 0.3) is 0 Å². The standard InChI is InChI=1S/C15H19N5O2/c21-14-11-16-13(10-17-14)15(22)20-8-2-1-4-12(20)5-9-19-7-3-6-18-19/h3,6-7,10-12H,1-2,4-5,8-9H2,(H,17,21)/t12-/m0/s1. The Morgan fingerprint density at radius 3 is 3.05 bits per heavy atom. The van der Waals surface area contributed by atoms with Crippen LogP contribution in [0.2, 0.25) is 0 Å². The molecule has 2 aromatic rings. The molecule has 3 heterocycles. The molecule has 0 unspecified atom stereocenters. The number of aromatic nitrogens is 4. The maximum Gasteiger partial charge on any atom is 0.274 e. The Kier molecular flexibility index (Phi) is 4.32. The molecule has 1 atom stereocenters. The number of nitrogens with zero attached hydrogens (tertiary/aromatic N) is 4. The van der Waals surface area contributed by atoms with E-state index in [-0.39, 0.29) is 17.5 Å². The number of amides is 1. The fraction of sp³-hybridized carbons (Fsp3) is 0.467. The number of carbonyl (C=O) groups excluding carboxylic acids is 1. The van der Waals surface area contributed by atoms with E-state index >= 15 is 0 Å². The molecule has 2 aromatic heterocycles. The summed E-state index contributed by atoms with van der Waals surface area (Å²) in [6.07, 6.45) is 10.2. The van der Waals surface area contributed by atoms with Crippen LogP contribution in [0, 0.1) is 0 Å². The number of hydrogen-bond donors (Lipinski definition) is 1. The van der Waals surface area contributed by atoms with Gasteiger partial charge in [0.1, 0.15) is 5.69 Å². The number of rotatable bonds is 4. The van der Waals surface area contributed by atoms with Crippen molar-refractivity contribution in [3.05, 3.63) is 46.9 Å². The predicted octanol–water partition coefficient (Wildman–Crippen LogP) is 1.05. The minimum absolute atomic E-state index is 0.110. The van der Waals surface area contributed by atoms with Gasteiger partial charge in [0.2, 0.25) is 0 Å². The van der Waals surface area contributed by atoms with Crippen LogP contribution >= 0.6 is 0 Å². The van der Waals surface area contributed by atoms with Gasteiger partial charge >= 0.3 is 0 Å². The number of nitrogens with one attached hydrogen (secondary N) is 1. The summed E-state index contributed by atoms with van der Waals surface area (Å²) in [6, 6.07) is 2.09. The number of aryl methyl sites for hydroxylation is 1. The average molecular weight is 301 g/mol. The first-order chi connectivity index (χ1) is 10.7. The molecule has 0 saturated carbocycles. The van der Waals surface area contributed by atoms with E-state index in [1.165, 1.54) is 6.20 Å². The lowest BCUT2D eigenvalue weighted by Crippen LogP contribution is -2.44. The molecule has 0 bridgehead atoms.